The highest BCUT2D eigenvalue weighted by Gasteiger charge is 2.60. The van der Waals surface area contributed by atoms with Crippen molar-refractivity contribution in [2.24, 2.45) is 62.5 Å². The highest BCUT2D eigenvalue weighted by atomic mass is 16.5. The van der Waals surface area contributed by atoms with E-state index in [-0.39, 0.29) is 56.6 Å². The van der Waals surface area contributed by atoms with Crippen LogP contribution in [0, 0.1) is 45.3 Å². The molecule has 0 radical (unpaired) electrons. The lowest BCUT2D eigenvalue weighted by molar-refractivity contribution is -0.118. The highest BCUT2D eigenvalue weighted by molar-refractivity contribution is 5.12. The summed E-state index contributed by atoms with van der Waals surface area (Å²) in [6.07, 6.45) is 1.01. The predicted molar refractivity (Wildman–Crippen MR) is 180 cm³/mol. The van der Waals surface area contributed by atoms with Gasteiger partial charge < -0.3 is 31.4 Å². The molecule has 3 heterocycles. The van der Waals surface area contributed by atoms with Crippen LogP contribution in [0.5, 0.6) is 0 Å². The summed E-state index contributed by atoms with van der Waals surface area (Å²) in [4.78, 5) is 0. The fraction of sp³-hybridized carbons (Fsp3) is 1.00. The van der Waals surface area contributed by atoms with Crippen LogP contribution >= 0.6 is 0 Å². The number of hydrogen-bond acceptors (Lipinski definition) is 6. The third-order valence-corrected chi connectivity index (χ3v) is 11.2. The quantitative estimate of drug-likeness (QED) is 0.312. The number of rotatable bonds is 4. The topological polar surface area (TPSA) is 106 Å². The second kappa shape index (κ2) is 13.2. The summed E-state index contributed by atoms with van der Waals surface area (Å²) in [5, 5.41) is 0. The summed E-state index contributed by atoms with van der Waals surface area (Å²) in [6, 6.07) is 0.424. The summed E-state index contributed by atoms with van der Waals surface area (Å²) in [5.74, 6) is 1.90. The van der Waals surface area contributed by atoms with E-state index in [1.165, 1.54) is 0 Å². The maximum absolute atomic E-state index is 6.45. The first-order chi connectivity index (χ1) is 18.6. The van der Waals surface area contributed by atoms with Gasteiger partial charge in [-0.1, -0.05) is 125 Å². The van der Waals surface area contributed by atoms with E-state index < -0.39 is 0 Å². The molecule has 6 heteroatoms. The molecule has 0 aromatic carbocycles. The minimum Gasteiger partial charge on any atom is -0.373 e. The fourth-order valence-electron chi connectivity index (χ4n) is 8.83. The molecule has 0 bridgehead atoms. The molecular weight excluding hydrogens is 522 g/mol. The zero-order valence-corrected chi connectivity index (χ0v) is 31.3. The third-order valence-electron chi connectivity index (χ3n) is 11.2. The van der Waals surface area contributed by atoms with E-state index in [1.54, 1.807) is 0 Å². The van der Waals surface area contributed by atoms with Crippen LogP contribution in [-0.4, -0.2) is 54.7 Å². The molecule has 0 amide bonds. The van der Waals surface area contributed by atoms with Crippen molar-refractivity contribution in [3.05, 3.63) is 0 Å². The zero-order valence-electron chi connectivity index (χ0n) is 31.3. The maximum atomic E-state index is 6.45. The molecule has 5 atom stereocenters. The molecular formula is C36H75N3O3. The van der Waals surface area contributed by atoms with Gasteiger partial charge in [-0.15, -0.1) is 0 Å². The second-order valence-corrected chi connectivity index (χ2v) is 18.3. The Balaban J connectivity index is 0.000000317. The minimum absolute atomic E-state index is 0.0694. The van der Waals surface area contributed by atoms with Gasteiger partial charge in [0.25, 0.3) is 0 Å². The number of hydrogen-bond donors (Lipinski definition) is 3. The Bertz CT molecular complexity index is 792. The van der Waals surface area contributed by atoms with E-state index in [0.29, 0.717) is 23.7 Å². The Kier molecular flexibility index (Phi) is 12.5. The van der Waals surface area contributed by atoms with Crippen LogP contribution < -0.4 is 17.2 Å². The average Bonchev–Trinajstić information content (AvgIpc) is 3.39. The standard InChI is InChI=1S/2C13H27NO.C10H21NO/c2*1-9(2)13(11(3,4)5)10(14)12(6,7)8-15-13;1-7(2)10(8(3)4)9(11)5-6-12-10/h2*9-10H,8,14H2,1-7H3;7-9H,5-6,11H2,1-4H3/t2*10-,13?;9-/m101/s1. The van der Waals surface area contributed by atoms with Gasteiger partial charge in [0.15, 0.2) is 0 Å². The SMILES string of the molecule is CC(C)C1(C(C)(C)C)OCC(C)(C)[C@@H]1N.CC(C)C1(C(C)(C)C)OCC(C)(C)[C@H]1N.CC(C)C1(C(C)C)OCC[C@H]1N. The van der Waals surface area contributed by atoms with Crippen LogP contribution in [0.4, 0.5) is 0 Å². The fourth-order valence-corrected chi connectivity index (χ4v) is 8.83. The highest BCUT2D eigenvalue weighted by Crippen LogP contribution is 2.52. The van der Waals surface area contributed by atoms with Crippen LogP contribution in [0.1, 0.15) is 131 Å². The van der Waals surface area contributed by atoms with Gasteiger partial charge in [-0.25, -0.2) is 0 Å². The smallest absolute Gasteiger partial charge is 0.0909 e. The van der Waals surface area contributed by atoms with Gasteiger partial charge >= 0.3 is 0 Å². The van der Waals surface area contributed by atoms with Crippen LogP contribution in [0.25, 0.3) is 0 Å². The van der Waals surface area contributed by atoms with Crippen LogP contribution in [0.15, 0.2) is 0 Å². The largest absolute Gasteiger partial charge is 0.373 e. The molecule has 3 rings (SSSR count). The van der Waals surface area contributed by atoms with E-state index in [4.69, 9.17) is 31.4 Å². The Hall–Kier alpha value is -0.240. The van der Waals surface area contributed by atoms with Gasteiger partial charge in [0.2, 0.25) is 0 Å². The molecule has 6 N–H and O–H groups in total. The van der Waals surface area contributed by atoms with Gasteiger partial charge in [0.1, 0.15) is 0 Å². The van der Waals surface area contributed by atoms with Crippen LogP contribution in [0.2, 0.25) is 0 Å². The molecule has 3 saturated heterocycles. The van der Waals surface area contributed by atoms with Crippen molar-refractivity contribution in [2.45, 2.75) is 166 Å². The Morgan fingerprint density at radius 2 is 0.857 bits per heavy atom. The normalized spacial score (nSPS) is 34.1. The molecule has 0 aliphatic carbocycles. The van der Waals surface area contributed by atoms with Crippen molar-refractivity contribution in [2.75, 3.05) is 19.8 Å². The molecule has 3 aliphatic rings. The summed E-state index contributed by atoms with van der Waals surface area (Å²) in [5.41, 5.74) is 18.9. The lowest BCUT2D eigenvalue weighted by Gasteiger charge is -2.48. The Labute approximate surface area is 262 Å². The third kappa shape index (κ3) is 6.94. The number of nitrogens with two attached hydrogens (primary N) is 3. The monoisotopic (exact) mass is 598 g/mol. The average molecular weight is 598 g/mol. The van der Waals surface area contributed by atoms with Crippen molar-refractivity contribution in [1.82, 2.24) is 0 Å². The summed E-state index contributed by atoms with van der Waals surface area (Å²) < 4.78 is 18.2. The molecule has 0 aromatic heterocycles. The second-order valence-electron chi connectivity index (χ2n) is 18.3. The molecule has 0 spiro atoms. The van der Waals surface area contributed by atoms with E-state index in [2.05, 4.69) is 125 Å². The van der Waals surface area contributed by atoms with E-state index in [9.17, 15) is 0 Å². The zero-order chi connectivity index (χ0) is 33.5. The van der Waals surface area contributed by atoms with Gasteiger partial charge in [-0.2, -0.15) is 0 Å². The van der Waals surface area contributed by atoms with Gasteiger partial charge in [0.05, 0.1) is 30.0 Å². The predicted octanol–water partition coefficient (Wildman–Crippen LogP) is 7.41. The van der Waals surface area contributed by atoms with Crippen molar-refractivity contribution < 1.29 is 14.2 Å². The molecule has 3 fully saturated rings. The van der Waals surface area contributed by atoms with E-state index >= 15 is 0 Å². The molecule has 6 nitrogen and oxygen atoms in total. The first-order valence-corrected chi connectivity index (χ1v) is 16.8. The van der Waals surface area contributed by atoms with Gasteiger partial charge in [0, 0.05) is 35.6 Å². The molecule has 3 aliphatic heterocycles. The van der Waals surface area contributed by atoms with Crippen molar-refractivity contribution >= 4 is 0 Å². The van der Waals surface area contributed by atoms with Crippen molar-refractivity contribution in [3.63, 3.8) is 0 Å². The maximum Gasteiger partial charge on any atom is 0.0909 e. The summed E-state index contributed by atoms with van der Waals surface area (Å²) in [7, 11) is 0. The Morgan fingerprint density at radius 3 is 0.952 bits per heavy atom. The van der Waals surface area contributed by atoms with Gasteiger partial charge in [-0.05, 0) is 40.9 Å². The first-order valence-electron chi connectivity index (χ1n) is 16.8. The van der Waals surface area contributed by atoms with Crippen LogP contribution in [-0.2, 0) is 14.2 Å². The lowest BCUT2D eigenvalue weighted by Crippen LogP contribution is -2.60. The molecule has 0 saturated carbocycles. The molecule has 0 aromatic rings. The van der Waals surface area contributed by atoms with Gasteiger partial charge in [-0.3, -0.25) is 0 Å². The minimum atomic E-state index is -0.198. The summed E-state index contributed by atoms with van der Waals surface area (Å²) >= 11 is 0. The number of ether oxygens (including phenoxy) is 3. The molecule has 42 heavy (non-hydrogen) atoms. The Morgan fingerprint density at radius 1 is 0.548 bits per heavy atom. The summed E-state index contributed by atoms with van der Waals surface area (Å²) in [6.45, 7) is 42.2. The van der Waals surface area contributed by atoms with Crippen molar-refractivity contribution in [1.29, 1.82) is 0 Å². The van der Waals surface area contributed by atoms with E-state index in [1.807, 2.05) is 0 Å². The first kappa shape index (κ1) is 39.8. The van der Waals surface area contributed by atoms with Crippen LogP contribution in [0.3, 0.4) is 0 Å². The lowest BCUT2D eigenvalue weighted by atomic mass is 9.62. The molecule has 2 unspecified atom stereocenters. The van der Waals surface area contributed by atoms with E-state index in [0.717, 1.165) is 26.2 Å². The van der Waals surface area contributed by atoms with Crippen molar-refractivity contribution in [3.8, 4) is 0 Å². The molecule has 252 valence electrons.